The largest absolute Gasteiger partial charge is 0.497 e. The number of nitrogens with one attached hydrogen (secondary N) is 1. The Hall–Kier alpha value is -3.74. The van der Waals surface area contributed by atoms with E-state index in [1.807, 2.05) is 6.07 Å². The molecule has 2 aromatic heterocycles. The van der Waals surface area contributed by atoms with Gasteiger partial charge in [0.1, 0.15) is 11.6 Å². The Morgan fingerprint density at radius 3 is 2.78 bits per heavy atom. The number of hydrogen-bond acceptors (Lipinski definition) is 5. The topological polar surface area (TPSA) is 69.0 Å². The second kappa shape index (κ2) is 6.87. The summed E-state index contributed by atoms with van der Waals surface area (Å²) in [6, 6.07) is 14.5. The van der Waals surface area contributed by atoms with Gasteiger partial charge in [-0.3, -0.25) is 9.78 Å². The highest BCUT2D eigenvalue weighted by atomic mass is 19.1. The molecule has 0 bridgehead atoms. The van der Waals surface area contributed by atoms with E-state index in [0.717, 1.165) is 0 Å². The van der Waals surface area contributed by atoms with E-state index in [1.54, 1.807) is 49.8 Å². The first kappa shape index (κ1) is 16.7. The van der Waals surface area contributed by atoms with Crippen LogP contribution in [0.1, 0.15) is 0 Å². The molecule has 134 valence electrons. The molecule has 4 aromatic rings. The van der Waals surface area contributed by atoms with E-state index in [1.165, 1.54) is 22.8 Å². The Balaban J connectivity index is 1.99. The maximum Gasteiger partial charge on any atom is 0.267 e. The first-order chi connectivity index (χ1) is 13.2. The molecule has 0 amide bonds. The van der Waals surface area contributed by atoms with Crippen molar-refractivity contribution >= 4 is 22.5 Å². The third-order valence-electron chi connectivity index (χ3n) is 4.06. The number of nitrogens with zero attached hydrogens (tertiary/aromatic N) is 3. The van der Waals surface area contributed by atoms with Crippen molar-refractivity contribution in [1.29, 1.82) is 0 Å². The number of rotatable bonds is 4. The van der Waals surface area contributed by atoms with Gasteiger partial charge in [0.15, 0.2) is 0 Å². The minimum Gasteiger partial charge on any atom is -0.497 e. The average molecular weight is 362 g/mol. The number of hydrogen-bond donors (Lipinski definition) is 1. The van der Waals surface area contributed by atoms with Crippen LogP contribution in [-0.2, 0) is 0 Å². The van der Waals surface area contributed by atoms with E-state index in [2.05, 4.69) is 15.3 Å². The van der Waals surface area contributed by atoms with Gasteiger partial charge in [0.25, 0.3) is 5.56 Å². The van der Waals surface area contributed by atoms with Crippen molar-refractivity contribution in [1.82, 2.24) is 14.5 Å². The molecule has 1 N–H and O–H groups in total. The summed E-state index contributed by atoms with van der Waals surface area (Å²) in [5, 5.41) is 3.30. The van der Waals surface area contributed by atoms with E-state index < -0.39 is 5.82 Å². The Kier molecular flexibility index (Phi) is 4.25. The Bertz CT molecular complexity index is 1180. The van der Waals surface area contributed by atoms with E-state index in [9.17, 15) is 9.18 Å². The van der Waals surface area contributed by atoms with Crippen molar-refractivity contribution in [3.8, 4) is 11.4 Å². The number of methoxy groups -OCH3 is 1. The summed E-state index contributed by atoms with van der Waals surface area (Å²) in [7, 11) is 1.55. The highest BCUT2D eigenvalue weighted by Gasteiger charge is 2.14. The number of ether oxygens (including phenoxy) is 1. The molecule has 0 aliphatic rings. The van der Waals surface area contributed by atoms with Crippen LogP contribution < -0.4 is 15.6 Å². The molecule has 7 heteroatoms. The van der Waals surface area contributed by atoms with Gasteiger partial charge in [-0.15, -0.1) is 0 Å². The molecular formula is C20H15FN4O2. The van der Waals surface area contributed by atoms with Crippen molar-refractivity contribution in [2.24, 2.45) is 0 Å². The summed E-state index contributed by atoms with van der Waals surface area (Å²) in [5.74, 6) is 0.387. The summed E-state index contributed by atoms with van der Waals surface area (Å²) in [6.07, 6.45) is 3.27. The first-order valence-corrected chi connectivity index (χ1v) is 8.19. The van der Waals surface area contributed by atoms with Crippen LogP contribution in [0.15, 0.2) is 71.8 Å². The predicted octanol–water partition coefficient (Wildman–Crippen LogP) is 3.67. The quantitative estimate of drug-likeness (QED) is 0.600. The van der Waals surface area contributed by atoms with Gasteiger partial charge in [0, 0.05) is 12.3 Å². The SMILES string of the molecule is COc1cccc(-n2c(Nc3cccnc3)nc3ccc(F)cc3c2=O)c1. The molecule has 0 aliphatic heterocycles. The van der Waals surface area contributed by atoms with Crippen LogP contribution in [0, 0.1) is 5.82 Å². The lowest BCUT2D eigenvalue weighted by Gasteiger charge is -2.15. The third kappa shape index (κ3) is 3.22. The third-order valence-corrected chi connectivity index (χ3v) is 4.06. The average Bonchev–Trinajstić information content (AvgIpc) is 2.70. The molecule has 2 aromatic carbocycles. The zero-order valence-corrected chi connectivity index (χ0v) is 14.4. The van der Waals surface area contributed by atoms with Gasteiger partial charge in [-0.25, -0.2) is 13.9 Å². The molecule has 0 radical (unpaired) electrons. The molecule has 0 aliphatic carbocycles. The number of anilines is 2. The van der Waals surface area contributed by atoms with E-state index in [4.69, 9.17) is 4.74 Å². The Morgan fingerprint density at radius 1 is 1.11 bits per heavy atom. The van der Waals surface area contributed by atoms with Crippen molar-refractivity contribution in [2.45, 2.75) is 0 Å². The van der Waals surface area contributed by atoms with Gasteiger partial charge in [-0.1, -0.05) is 6.07 Å². The van der Waals surface area contributed by atoms with E-state index in [-0.39, 0.29) is 10.9 Å². The second-order valence-corrected chi connectivity index (χ2v) is 5.81. The first-order valence-electron chi connectivity index (χ1n) is 8.19. The van der Waals surface area contributed by atoms with Crippen molar-refractivity contribution in [2.75, 3.05) is 12.4 Å². The molecular weight excluding hydrogens is 347 g/mol. The zero-order chi connectivity index (χ0) is 18.8. The zero-order valence-electron chi connectivity index (χ0n) is 14.4. The highest BCUT2D eigenvalue weighted by molar-refractivity contribution is 5.80. The molecule has 27 heavy (non-hydrogen) atoms. The Morgan fingerprint density at radius 2 is 2.00 bits per heavy atom. The lowest BCUT2D eigenvalue weighted by molar-refractivity contribution is 0.414. The molecule has 0 saturated carbocycles. The minimum atomic E-state index is -0.494. The normalized spacial score (nSPS) is 10.7. The van der Waals surface area contributed by atoms with Crippen LogP contribution in [-0.4, -0.2) is 21.6 Å². The predicted molar refractivity (Wildman–Crippen MR) is 101 cm³/mol. The molecule has 0 atom stereocenters. The maximum absolute atomic E-state index is 13.7. The van der Waals surface area contributed by atoms with Crippen LogP contribution in [0.5, 0.6) is 5.75 Å². The van der Waals surface area contributed by atoms with Crippen molar-refractivity contribution in [3.05, 3.63) is 83.2 Å². The standard InChI is InChI=1S/C20H15FN4O2/c1-27-16-6-2-5-15(11-16)25-19(26)17-10-13(21)7-8-18(17)24-20(25)23-14-4-3-9-22-12-14/h2-12H,1H3,(H,23,24). The summed E-state index contributed by atoms with van der Waals surface area (Å²) >= 11 is 0. The van der Waals surface area contributed by atoms with Crippen molar-refractivity contribution < 1.29 is 9.13 Å². The van der Waals surface area contributed by atoms with Gasteiger partial charge in [0.05, 0.1) is 35.6 Å². The summed E-state index contributed by atoms with van der Waals surface area (Å²) in [5.41, 5.74) is 1.22. The van der Waals surface area contributed by atoms with Crippen LogP contribution in [0.4, 0.5) is 16.0 Å². The van der Waals surface area contributed by atoms with Crippen LogP contribution >= 0.6 is 0 Å². The van der Waals surface area contributed by atoms with Crippen LogP contribution in [0.25, 0.3) is 16.6 Å². The molecule has 2 heterocycles. The smallest absolute Gasteiger partial charge is 0.267 e. The molecule has 4 rings (SSSR count). The second-order valence-electron chi connectivity index (χ2n) is 5.81. The van der Waals surface area contributed by atoms with Gasteiger partial charge < -0.3 is 10.1 Å². The molecule has 0 saturated heterocycles. The van der Waals surface area contributed by atoms with Gasteiger partial charge in [-0.2, -0.15) is 0 Å². The Labute approximate surface area is 153 Å². The number of halogens is 1. The summed E-state index contributed by atoms with van der Waals surface area (Å²) < 4.78 is 20.3. The summed E-state index contributed by atoms with van der Waals surface area (Å²) in [4.78, 5) is 21.7. The lowest BCUT2D eigenvalue weighted by atomic mass is 10.2. The molecule has 6 nitrogen and oxygen atoms in total. The minimum absolute atomic E-state index is 0.189. The maximum atomic E-state index is 13.7. The lowest BCUT2D eigenvalue weighted by Crippen LogP contribution is -2.23. The number of fused-ring (bicyclic) bond motifs is 1. The molecule has 0 fully saturated rings. The fraction of sp³-hybridized carbons (Fsp3) is 0.0500. The monoisotopic (exact) mass is 362 g/mol. The fourth-order valence-corrected chi connectivity index (χ4v) is 2.80. The number of pyridine rings is 1. The van der Waals surface area contributed by atoms with Gasteiger partial charge >= 0.3 is 0 Å². The summed E-state index contributed by atoms with van der Waals surface area (Å²) in [6.45, 7) is 0. The van der Waals surface area contributed by atoms with E-state index >= 15 is 0 Å². The molecule has 0 spiro atoms. The van der Waals surface area contributed by atoms with Crippen molar-refractivity contribution in [3.63, 3.8) is 0 Å². The van der Waals surface area contributed by atoms with E-state index in [0.29, 0.717) is 28.6 Å². The fourth-order valence-electron chi connectivity index (χ4n) is 2.80. The van der Waals surface area contributed by atoms with Crippen LogP contribution in [0.3, 0.4) is 0 Å². The number of benzene rings is 2. The highest BCUT2D eigenvalue weighted by Crippen LogP contribution is 2.22. The van der Waals surface area contributed by atoms with Gasteiger partial charge in [0.2, 0.25) is 5.95 Å². The van der Waals surface area contributed by atoms with Gasteiger partial charge in [-0.05, 0) is 42.5 Å². The number of aromatic nitrogens is 3. The van der Waals surface area contributed by atoms with Crippen LogP contribution in [0.2, 0.25) is 0 Å². The molecule has 0 unspecified atom stereocenters.